The summed E-state index contributed by atoms with van der Waals surface area (Å²) in [6.07, 6.45) is 0. The quantitative estimate of drug-likeness (QED) is 0.795. The monoisotopic (exact) mass is 333 g/mol. The van der Waals surface area contributed by atoms with Crippen molar-refractivity contribution in [1.29, 1.82) is 0 Å². The Hall–Kier alpha value is -1.89. The van der Waals surface area contributed by atoms with E-state index in [1.165, 1.54) is 12.1 Å². The molecule has 5 nitrogen and oxygen atoms in total. The van der Waals surface area contributed by atoms with Gasteiger partial charge in [-0.15, -0.1) is 0 Å². The number of hydrogen-bond donors (Lipinski definition) is 2. The number of nitrogens with zero attached hydrogens (tertiary/aromatic N) is 1. The molecule has 0 aliphatic rings. The first-order valence-electron chi connectivity index (χ1n) is 7.40. The zero-order chi connectivity index (χ0) is 17.0. The van der Waals surface area contributed by atoms with Crippen molar-refractivity contribution >= 4 is 15.7 Å². The Morgan fingerprint density at radius 1 is 1.00 bits per heavy atom. The molecule has 2 atom stereocenters. The summed E-state index contributed by atoms with van der Waals surface area (Å²) in [5, 5.41) is 0. The molecule has 0 unspecified atom stereocenters. The van der Waals surface area contributed by atoms with Gasteiger partial charge in [-0.2, -0.15) is 0 Å². The maximum absolute atomic E-state index is 12.5. The van der Waals surface area contributed by atoms with Crippen LogP contribution in [-0.2, 0) is 10.0 Å². The van der Waals surface area contributed by atoms with Gasteiger partial charge in [0.1, 0.15) is 0 Å². The van der Waals surface area contributed by atoms with Crippen LogP contribution in [0.4, 0.5) is 5.69 Å². The Morgan fingerprint density at radius 3 is 2.09 bits per heavy atom. The molecule has 0 aliphatic heterocycles. The second-order valence-electron chi connectivity index (χ2n) is 5.80. The number of hydrogen-bond acceptors (Lipinski definition) is 4. The van der Waals surface area contributed by atoms with Gasteiger partial charge in [0.25, 0.3) is 0 Å². The molecule has 0 radical (unpaired) electrons. The number of nitrogen functional groups attached to an aromatic ring is 1. The van der Waals surface area contributed by atoms with Gasteiger partial charge in [0.15, 0.2) is 0 Å². The Kier molecular flexibility index (Phi) is 5.41. The summed E-state index contributed by atoms with van der Waals surface area (Å²) in [7, 11) is 0.277. The van der Waals surface area contributed by atoms with Crippen LogP contribution in [0.25, 0.3) is 0 Å². The largest absolute Gasteiger partial charge is 0.399 e. The molecule has 124 valence electrons. The molecule has 0 amide bonds. The van der Waals surface area contributed by atoms with E-state index in [0.29, 0.717) is 5.69 Å². The Morgan fingerprint density at radius 2 is 1.57 bits per heavy atom. The summed E-state index contributed by atoms with van der Waals surface area (Å²) in [6, 6.07) is 15.7. The van der Waals surface area contributed by atoms with Gasteiger partial charge in [-0.1, -0.05) is 30.3 Å². The van der Waals surface area contributed by atoms with Crippen molar-refractivity contribution < 1.29 is 8.42 Å². The Balaban J connectivity index is 2.24. The molecule has 3 N–H and O–H groups in total. The van der Waals surface area contributed by atoms with Gasteiger partial charge in [-0.25, -0.2) is 13.1 Å². The summed E-state index contributed by atoms with van der Waals surface area (Å²) in [4.78, 5) is 2.22. The predicted molar refractivity (Wildman–Crippen MR) is 93.5 cm³/mol. The first kappa shape index (κ1) is 17.5. The van der Waals surface area contributed by atoms with Crippen molar-refractivity contribution in [2.24, 2.45) is 0 Å². The van der Waals surface area contributed by atoms with Gasteiger partial charge in [-0.05, 0) is 50.8 Å². The minimum absolute atomic E-state index is 0.0697. The van der Waals surface area contributed by atoms with Gasteiger partial charge in [0, 0.05) is 11.7 Å². The minimum Gasteiger partial charge on any atom is -0.399 e. The normalized spacial score (nSPS) is 14.6. The summed E-state index contributed by atoms with van der Waals surface area (Å²) in [5.74, 6) is 0. The summed E-state index contributed by atoms with van der Waals surface area (Å²) in [6.45, 7) is 1.87. The number of nitrogens with one attached hydrogen (secondary N) is 1. The molecule has 0 heterocycles. The molecular formula is C17H23N3O2S. The molecule has 6 heteroatoms. The van der Waals surface area contributed by atoms with Gasteiger partial charge >= 0.3 is 0 Å². The van der Waals surface area contributed by atoms with E-state index in [0.717, 1.165) is 5.56 Å². The second kappa shape index (κ2) is 7.12. The first-order valence-corrected chi connectivity index (χ1v) is 8.89. The number of sulfonamides is 1. The fourth-order valence-corrected chi connectivity index (χ4v) is 3.96. The lowest BCUT2D eigenvalue weighted by molar-refractivity contribution is 0.256. The molecule has 0 aliphatic carbocycles. The fraction of sp³-hybridized carbons (Fsp3) is 0.294. The molecule has 0 fully saturated rings. The third-order valence-electron chi connectivity index (χ3n) is 3.70. The number of likely N-dealkylation sites (N-methyl/N-ethyl adjacent to an activating group) is 1. The van der Waals surface area contributed by atoms with E-state index in [1.54, 1.807) is 12.1 Å². The number of nitrogens with two attached hydrogens (primary N) is 1. The zero-order valence-corrected chi connectivity index (χ0v) is 14.4. The average molecular weight is 333 g/mol. The molecule has 0 bridgehead atoms. The molecular weight excluding hydrogens is 310 g/mol. The van der Waals surface area contributed by atoms with E-state index in [4.69, 9.17) is 5.73 Å². The molecule has 0 saturated carbocycles. The van der Waals surface area contributed by atoms with Crippen LogP contribution < -0.4 is 10.5 Å². The Bertz CT molecular complexity index is 728. The highest BCUT2D eigenvalue weighted by molar-refractivity contribution is 7.89. The smallest absolute Gasteiger partial charge is 0.240 e. The molecule has 2 rings (SSSR count). The van der Waals surface area contributed by atoms with E-state index in [1.807, 2.05) is 56.3 Å². The van der Waals surface area contributed by atoms with Gasteiger partial charge < -0.3 is 10.6 Å². The van der Waals surface area contributed by atoms with Crippen molar-refractivity contribution in [3.8, 4) is 0 Å². The van der Waals surface area contributed by atoms with Crippen LogP contribution >= 0.6 is 0 Å². The Labute approximate surface area is 138 Å². The summed E-state index contributed by atoms with van der Waals surface area (Å²) >= 11 is 0. The van der Waals surface area contributed by atoms with Crippen LogP contribution in [0, 0.1) is 0 Å². The summed E-state index contributed by atoms with van der Waals surface area (Å²) < 4.78 is 27.8. The van der Waals surface area contributed by atoms with Crippen molar-refractivity contribution in [3.05, 3.63) is 60.2 Å². The number of anilines is 1. The first-order chi connectivity index (χ1) is 10.8. The van der Waals surface area contributed by atoms with E-state index in [9.17, 15) is 8.42 Å². The highest BCUT2D eigenvalue weighted by atomic mass is 32.2. The lowest BCUT2D eigenvalue weighted by Crippen LogP contribution is -2.42. The number of benzene rings is 2. The lowest BCUT2D eigenvalue weighted by Gasteiger charge is -2.31. The van der Waals surface area contributed by atoms with Crippen molar-refractivity contribution in [1.82, 2.24) is 9.62 Å². The van der Waals surface area contributed by atoms with E-state index in [2.05, 4.69) is 4.72 Å². The number of rotatable bonds is 6. The van der Waals surface area contributed by atoms with Gasteiger partial charge in [0.2, 0.25) is 10.0 Å². The molecule has 2 aromatic rings. The van der Waals surface area contributed by atoms with E-state index < -0.39 is 10.0 Å². The van der Waals surface area contributed by atoms with Crippen LogP contribution in [0.2, 0.25) is 0 Å². The SMILES string of the molecule is C[C@H](NS(=O)(=O)c1ccc(N)cc1)[C@H](c1ccccc1)N(C)C. The average Bonchev–Trinajstić information content (AvgIpc) is 2.48. The van der Waals surface area contributed by atoms with Gasteiger partial charge in [0.05, 0.1) is 10.9 Å². The van der Waals surface area contributed by atoms with Crippen molar-refractivity contribution in [3.63, 3.8) is 0 Å². The minimum atomic E-state index is -3.60. The van der Waals surface area contributed by atoms with Crippen LogP contribution in [0.1, 0.15) is 18.5 Å². The topological polar surface area (TPSA) is 75.4 Å². The zero-order valence-electron chi connectivity index (χ0n) is 13.6. The molecule has 0 aromatic heterocycles. The third kappa shape index (κ3) is 4.31. The molecule has 23 heavy (non-hydrogen) atoms. The maximum atomic E-state index is 12.5. The summed E-state index contributed by atoms with van der Waals surface area (Å²) in [5.41, 5.74) is 7.21. The third-order valence-corrected chi connectivity index (χ3v) is 5.28. The van der Waals surface area contributed by atoms with Crippen LogP contribution in [0.5, 0.6) is 0 Å². The molecule has 2 aromatic carbocycles. The standard InChI is InChI=1S/C17H23N3O2S/c1-13(17(20(2)3)14-7-5-4-6-8-14)19-23(21,22)16-11-9-15(18)10-12-16/h4-13,17,19H,18H2,1-3H3/t13-,17+/m0/s1. The second-order valence-corrected chi connectivity index (χ2v) is 7.51. The van der Waals surface area contributed by atoms with Crippen molar-refractivity contribution in [2.45, 2.75) is 23.9 Å². The van der Waals surface area contributed by atoms with E-state index in [-0.39, 0.29) is 17.0 Å². The molecule has 0 saturated heterocycles. The van der Waals surface area contributed by atoms with Crippen LogP contribution in [0.15, 0.2) is 59.5 Å². The van der Waals surface area contributed by atoms with E-state index >= 15 is 0 Å². The van der Waals surface area contributed by atoms with Crippen molar-refractivity contribution in [2.75, 3.05) is 19.8 Å². The highest BCUT2D eigenvalue weighted by Crippen LogP contribution is 2.23. The van der Waals surface area contributed by atoms with Crippen LogP contribution in [0.3, 0.4) is 0 Å². The van der Waals surface area contributed by atoms with Gasteiger partial charge in [-0.3, -0.25) is 0 Å². The lowest BCUT2D eigenvalue weighted by atomic mass is 10.0. The highest BCUT2D eigenvalue weighted by Gasteiger charge is 2.26. The fourth-order valence-electron chi connectivity index (χ4n) is 2.71. The van der Waals surface area contributed by atoms with Crippen LogP contribution in [-0.4, -0.2) is 33.5 Å². The predicted octanol–water partition coefficient (Wildman–Crippen LogP) is 2.24. The maximum Gasteiger partial charge on any atom is 0.240 e. The molecule has 0 spiro atoms.